The molecule has 1 aromatic heterocycles. The summed E-state index contributed by atoms with van der Waals surface area (Å²) >= 11 is 5.35. The highest BCUT2D eigenvalue weighted by molar-refractivity contribution is 9.10. The Morgan fingerprint density at radius 3 is 2.59 bits per heavy atom. The predicted octanol–water partition coefficient (Wildman–Crippen LogP) is 4.66. The summed E-state index contributed by atoms with van der Waals surface area (Å²) in [6.45, 7) is 6.64. The Kier molecular flexibility index (Phi) is 6.38. The van der Waals surface area contributed by atoms with E-state index in [1.54, 1.807) is 12.1 Å². The highest BCUT2D eigenvalue weighted by atomic mass is 79.9. The van der Waals surface area contributed by atoms with E-state index >= 15 is 0 Å². The molecule has 0 radical (unpaired) electrons. The molecule has 0 aliphatic heterocycles. The van der Waals surface area contributed by atoms with Crippen molar-refractivity contribution < 1.29 is 0 Å². The van der Waals surface area contributed by atoms with Crippen molar-refractivity contribution in [1.82, 2.24) is 13.2 Å². The summed E-state index contributed by atoms with van der Waals surface area (Å²) in [4.78, 5) is 0. The largest absolute Gasteiger partial charge is 0.347 e. The van der Waals surface area contributed by atoms with Gasteiger partial charge < -0.3 is 4.57 Å². The van der Waals surface area contributed by atoms with Crippen LogP contribution in [-0.4, -0.2) is 40.9 Å². The molecule has 3 nitrogen and oxygen atoms in total. The lowest BCUT2D eigenvalue weighted by Gasteiger charge is -2.18. The minimum absolute atomic E-state index is 0.648. The molecule has 0 amide bonds. The lowest BCUT2D eigenvalue weighted by molar-refractivity contribution is 0.526. The van der Waals surface area contributed by atoms with Crippen molar-refractivity contribution in [2.45, 2.75) is 26.8 Å². The molecule has 22 heavy (non-hydrogen) atoms. The van der Waals surface area contributed by atoms with Crippen molar-refractivity contribution >= 4 is 39.0 Å². The second-order valence-electron chi connectivity index (χ2n) is 6.36. The van der Waals surface area contributed by atoms with Gasteiger partial charge >= 0.3 is 0 Å². The first-order valence-electron chi connectivity index (χ1n) is 7.70. The second kappa shape index (κ2) is 7.86. The SMILES string of the molecule is CC(C)Cn1cc(CCN(C)SN(C)C)c2ccc(Br)cc21. The van der Waals surface area contributed by atoms with Crippen LogP contribution in [0.25, 0.3) is 10.9 Å². The average molecular weight is 384 g/mol. The van der Waals surface area contributed by atoms with Gasteiger partial charge in [-0.2, -0.15) is 0 Å². The fourth-order valence-electron chi connectivity index (χ4n) is 2.68. The van der Waals surface area contributed by atoms with Gasteiger partial charge in [0.2, 0.25) is 0 Å². The maximum Gasteiger partial charge on any atom is 0.0494 e. The normalized spacial score (nSPS) is 12.2. The Bertz CT molecular complexity index is 622. The van der Waals surface area contributed by atoms with Crippen molar-refractivity contribution in [1.29, 1.82) is 0 Å². The third-order valence-electron chi connectivity index (χ3n) is 3.49. The van der Waals surface area contributed by atoms with Crippen LogP contribution in [0.2, 0.25) is 0 Å². The van der Waals surface area contributed by atoms with Crippen LogP contribution in [0.15, 0.2) is 28.9 Å². The first-order chi connectivity index (χ1) is 10.4. The number of benzene rings is 1. The molecule has 0 saturated heterocycles. The van der Waals surface area contributed by atoms with Crippen molar-refractivity contribution in [2.24, 2.45) is 5.92 Å². The zero-order valence-corrected chi connectivity index (χ0v) is 16.5. The number of nitrogens with zero attached hydrogens (tertiary/aromatic N) is 3. The van der Waals surface area contributed by atoms with Crippen LogP contribution in [0, 0.1) is 5.92 Å². The number of likely N-dealkylation sites (N-methyl/N-ethyl adjacent to an activating group) is 1. The van der Waals surface area contributed by atoms with Gasteiger partial charge in [-0.05, 0) is 51.2 Å². The quantitative estimate of drug-likeness (QED) is 0.644. The molecule has 1 aromatic carbocycles. The smallest absolute Gasteiger partial charge is 0.0494 e. The standard InChI is InChI=1S/C17H26BrN3S/c1-13(2)11-21-12-14(8-9-20(5)22-19(3)4)16-7-6-15(18)10-17(16)21/h6-7,10,12-13H,8-9,11H2,1-5H3. The highest BCUT2D eigenvalue weighted by Crippen LogP contribution is 2.26. The third-order valence-corrected chi connectivity index (χ3v) is 4.77. The molecular formula is C17H26BrN3S. The molecule has 0 N–H and O–H groups in total. The maximum absolute atomic E-state index is 3.60. The number of halogens is 1. The van der Waals surface area contributed by atoms with Crippen LogP contribution in [0.4, 0.5) is 0 Å². The molecule has 0 unspecified atom stereocenters. The van der Waals surface area contributed by atoms with E-state index in [0.29, 0.717) is 5.92 Å². The number of aromatic nitrogens is 1. The van der Waals surface area contributed by atoms with E-state index < -0.39 is 0 Å². The van der Waals surface area contributed by atoms with E-state index in [0.717, 1.165) is 24.0 Å². The van der Waals surface area contributed by atoms with E-state index in [9.17, 15) is 0 Å². The summed E-state index contributed by atoms with van der Waals surface area (Å²) in [6.07, 6.45) is 3.41. The van der Waals surface area contributed by atoms with Crippen molar-refractivity contribution in [3.05, 3.63) is 34.4 Å². The lowest BCUT2D eigenvalue weighted by atomic mass is 10.1. The van der Waals surface area contributed by atoms with E-state index in [1.165, 1.54) is 16.5 Å². The molecule has 0 aliphatic rings. The van der Waals surface area contributed by atoms with E-state index in [1.807, 2.05) is 0 Å². The molecule has 2 aromatic rings. The van der Waals surface area contributed by atoms with Crippen LogP contribution < -0.4 is 0 Å². The van der Waals surface area contributed by atoms with E-state index in [-0.39, 0.29) is 0 Å². The first-order valence-corrected chi connectivity index (χ1v) is 9.23. The summed E-state index contributed by atoms with van der Waals surface area (Å²) in [5, 5.41) is 1.38. The Morgan fingerprint density at radius 2 is 1.95 bits per heavy atom. The minimum atomic E-state index is 0.648. The molecule has 122 valence electrons. The molecule has 5 heteroatoms. The fourth-order valence-corrected chi connectivity index (χ4v) is 3.76. The Labute approximate surface area is 147 Å². The third kappa shape index (κ3) is 4.75. The number of hydrogen-bond acceptors (Lipinski definition) is 3. The predicted molar refractivity (Wildman–Crippen MR) is 102 cm³/mol. The molecule has 0 spiro atoms. The molecular weight excluding hydrogens is 358 g/mol. The molecule has 0 fully saturated rings. The van der Waals surface area contributed by atoms with Crippen molar-refractivity contribution in [3.8, 4) is 0 Å². The van der Waals surface area contributed by atoms with Gasteiger partial charge in [0.15, 0.2) is 0 Å². The summed E-state index contributed by atoms with van der Waals surface area (Å²) in [7, 11) is 6.30. The van der Waals surface area contributed by atoms with Crippen LogP contribution in [-0.2, 0) is 13.0 Å². The number of rotatable bonds is 7. The minimum Gasteiger partial charge on any atom is -0.347 e. The summed E-state index contributed by atoms with van der Waals surface area (Å²) in [5.41, 5.74) is 2.77. The Morgan fingerprint density at radius 1 is 1.23 bits per heavy atom. The van der Waals surface area contributed by atoms with Gasteiger partial charge in [-0.15, -0.1) is 0 Å². The van der Waals surface area contributed by atoms with Gasteiger partial charge in [0, 0.05) is 46.8 Å². The van der Waals surface area contributed by atoms with Gasteiger partial charge in [-0.1, -0.05) is 35.8 Å². The van der Waals surface area contributed by atoms with Crippen LogP contribution >= 0.6 is 28.1 Å². The maximum atomic E-state index is 3.60. The zero-order chi connectivity index (χ0) is 16.3. The van der Waals surface area contributed by atoms with Gasteiger partial charge in [-0.25, -0.2) is 8.61 Å². The van der Waals surface area contributed by atoms with Gasteiger partial charge in [0.1, 0.15) is 0 Å². The molecule has 0 atom stereocenters. The molecule has 2 rings (SSSR count). The fraction of sp³-hybridized carbons (Fsp3) is 0.529. The second-order valence-corrected chi connectivity index (χ2v) is 8.79. The molecule has 0 saturated carbocycles. The summed E-state index contributed by atoms with van der Waals surface area (Å²) in [5.74, 6) is 0.648. The summed E-state index contributed by atoms with van der Waals surface area (Å²) in [6, 6.07) is 6.62. The highest BCUT2D eigenvalue weighted by Gasteiger charge is 2.11. The van der Waals surface area contributed by atoms with Gasteiger partial charge in [0.05, 0.1) is 0 Å². The summed E-state index contributed by atoms with van der Waals surface area (Å²) < 4.78 is 7.96. The Balaban J connectivity index is 2.22. The zero-order valence-electron chi connectivity index (χ0n) is 14.1. The van der Waals surface area contributed by atoms with Crippen molar-refractivity contribution in [3.63, 3.8) is 0 Å². The molecule has 1 heterocycles. The van der Waals surface area contributed by atoms with E-state index in [4.69, 9.17) is 0 Å². The lowest BCUT2D eigenvalue weighted by Crippen LogP contribution is -2.18. The van der Waals surface area contributed by atoms with Crippen molar-refractivity contribution in [2.75, 3.05) is 27.7 Å². The number of hydrogen-bond donors (Lipinski definition) is 0. The van der Waals surface area contributed by atoms with Gasteiger partial charge in [0.25, 0.3) is 0 Å². The van der Waals surface area contributed by atoms with Crippen LogP contribution in [0.3, 0.4) is 0 Å². The molecule has 0 bridgehead atoms. The average Bonchev–Trinajstić information content (AvgIpc) is 2.72. The topological polar surface area (TPSA) is 11.4 Å². The first kappa shape index (κ1) is 17.9. The van der Waals surface area contributed by atoms with Gasteiger partial charge in [-0.3, -0.25) is 0 Å². The monoisotopic (exact) mass is 383 g/mol. The van der Waals surface area contributed by atoms with Crippen LogP contribution in [0.5, 0.6) is 0 Å². The Hall–Kier alpha value is -0.490. The molecule has 0 aliphatic carbocycles. The van der Waals surface area contributed by atoms with Crippen LogP contribution in [0.1, 0.15) is 19.4 Å². The number of fused-ring (bicyclic) bond motifs is 1. The van der Waals surface area contributed by atoms with E-state index in [2.05, 4.69) is 88.5 Å².